The van der Waals surface area contributed by atoms with E-state index in [2.05, 4.69) is 53.7 Å². The van der Waals surface area contributed by atoms with E-state index in [1.165, 1.54) is 11.1 Å². The average Bonchev–Trinajstić information content (AvgIpc) is 3.22. The molecule has 31 heavy (non-hydrogen) atoms. The number of hydrogen-bond acceptors (Lipinski definition) is 6. The first-order valence-corrected chi connectivity index (χ1v) is 10.8. The summed E-state index contributed by atoms with van der Waals surface area (Å²) in [6.07, 6.45) is 3.94. The van der Waals surface area contributed by atoms with E-state index in [0.717, 1.165) is 49.4 Å². The molecule has 0 spiro atoms. The molecule has 156 valence electrons. The Kier molecular flexibility index (Phi) is 5.17. The Morgan fingerprint density at radius 1 is 1.13 bits per heavy atom. The second-order valence-electron chi connectivity index (χ2n) is 8.16. The SMILES string of the molecule is CN1CCCCOc2cc(ccc2C#N)Nc2nc3c(c1n2)CCC3c1ccccc1. The highest BCUT2D eigenvalue weighted by atomic mass is 16.5. The highest BCUT2D eigenvalue weighted by Crippen LogP contribution is 2.41. The Morgan fingerprint density at radius 2 is 2.00 bits per heavy atom. The maximum absolute atomic E-state index is 9.41. The van der Waals surface area contributed by atoms with Gasteiger partial charge in [0.2, 0.25) is 5.95 Å². The lowest BCUT2D eigenvalue weighted by Crippen LogP contribution is -2.22. The standard InChI is InChI=1S/C25H25N5O/c1-30-13-5-6-14-31-22-15-19(10-9-18(22)16-26)27-25-28-23-20(17-7-3-2-4-8-17)11-12-21(23)24(30)29-25/h2-4,7-10,15,20H,5-6,11-14H2,1H3,(H,27,28,29). The second kappa shape index (κ2) is 8.27. The number of nitrogens with one attached hydrogen (secondary N) is 1. The molecule has 1 atom stereocenters. The van der Waals surface area contributed by atoms with Crippen LogP contribution in [0.2, 0.25) is 0 Å². The third-order valence-corrected chi connectivity index (χ3v) is 6.10. The Hall–Kier alpha value is -3.59. The monoisotopic (exact) mass is 411 g/mol. The van der Waals surface area contributed by atoms with Gasteiger partial charge >= 0.3 is 0 Å². The smallest absolute Gasteiger partial charge is 0.229 e. The van der Waals surface area contributed by atoms with Crippen LogP contribution < -0.4 is 15.0 Å². The molecule has 0 saturated heterocycles. The fraction of sp³-hybridized carbons (Fsp3) is 0.320. The zero-order valence-corrected chi connectivity index (χ0v) is 17.6. The molecule has 2 aromatic carbocycles. The Bertz CT molecular complexity index is 1140. The first-order chi connectivity index (χ1) is 15.2. The third-order valence-electron chi connectivity index (χ3n) is 6.10. The van der Waals surface area contributed by atoms with E-state index < -0.39 is 0 Å². The van der Waals surface area contributed by atoms with Crippen molar-refractivity contribution in [1.82, 2.24) is 9.97 Å². The lowest BCUT2D eigenvalue weighted by Gasteiger charge is -2.22. The zero-order chi connectivity index (χ0) is 21.2. The molecule has 1 aliphatic heterocycles. The number of aromatic nitrogens is 2. The van der Waals surface area contributed by atoms with Gasteiger partial charge in [-0.3, -0.25) is 0 Å². The lowest BCUT2D eigenvalue weighted by molar-refractivity contribution is 0.307. The van der Waals surface area contributed by atoms with Crippen LogP contribution in [0.1, 0.15) is 47.6 Å². The number of nitrogens with zero attached hydrogens (tertiary/aromatic N) is 4. The summed E-state index contributed by atoms with van der Waals surface area (Å²) in [5.41, 5.74) is 5.03. The van der Waals surface area contributed by atoms with Crippen molar-refractivity contribution in [2.45, 2.75) is 31.6 Å². The average molecular weight is 412 g/mol. The summed E-state index contributed by atoms with van der Waals surface area (Å²) < 4.78 is 5.91. The number of ether oxygens (including phenoxy) is 1. The van der Waals surface area contributed by atoms with Gasteiger partial charge in [-0.2, -0.15) is 10.2 Å². The van der Waals surface area contributed by atoms with Gasteiger partial charge in [0.05, 0.1) is 17.9 Å². The van der Waals surface area contributed by atoms with Crippen LogP contribution in [0.15, 0.2) is 48.5 Å². The fourth-order valence-electron chi connectivity index (χ4n) is 4.50. The summed E-state index contributed by atoms with van der Waals surface area (Å²) in [6.45, 7) is 1.48. The van der Waals surface area contributed by atoms with Gasteiger partial charge in [0.25, 0.3) is 0 Å². The van der Waals surface area contributed by atoms with Crippen LogP contribution in [0.25, 0.3) is 0 Å². The van der Waals surface area contributed by atoms with Gasteiger partial charge in [0.1, 0.15) is 17.6 Å². The first-order valence-electron chi connectivity index (χ1n) is 10.8. The molecule has 2 aliphatic rings. The van der Waals surface area contributed by atoms with Crippen molar-refractivity contribution in [1.29, 1.82) is 5.26 Å². The quantitative estimate of drug-likeness (QED) is 0.621. The van der Waals surface area contributed by atoms with Gasteiger partial charge in [-0.25, -0.2) is 4.98 Å². The van der Waals surface area contributed by atoms with Crippen molar-refractivity contribution in [3.8, 4) is 11.8 Å². The summed E-state index contributed by atoms with van der Waals surface area (Å²) in [5, 5.41) is 12.8. The summed E-state index contributed by atoms with van der Waals surface area (Å²) in [5.74, 6) is 2.48. The number of nitriles is 1. The van der Waals surface area contributed by atoms with E-state index >= 15 is 0 Å². The van der Waals surface area contributed by atoms with E-state index in [-0.39, 0.29) is 5.92 Å². The number of fused-ring (bicyclic) bond motifs is 6. The number of benzene rings is 2. The molecule has 2 heterocycles. The topological polar surface area (TPSA) is 74.1 Å². The van der Waals surface area contributed by atoms with E-state index in [1.807, 2.05) is 12.1 Å². The Morgan fingerprint density at radius 3 is 2.84 bits per heavy atom. The molecule has 0 fully saturated rings. The van der Waals surface area contributed by atoms with Crippen molar-refractivity contribution in [3.63, 3.8) is 0 Å². The van der Waals surface area contributed by atoms with Gasteiger partial charge < -0.3 is 15.0 Å². The maximum atomic E-state index is 9.41. The molecule has 6 heteroatoms. The molecule has 4 bridgehead atoms. The van der Waals surface area contributed by atoms with E-state index in [1.54, 1.807) is 6.07 Å². The molecular formula is C25H25N5O. The minimum Gasteiger partial charge on any atom is -0.492 e. The fourth-order valence-corrected chi connectivity index (χ4v) is 4.50. The minimum atomic E-state index is 0.280. The molecule has 1 aliphatic carbocycles. The van der Waals surface area contributed by atoms with Crippen molar-refractivity contribution >= 4 is 17.5 Å². The van der Waals surface area contributed by atoms with E-state index in [9.17, 15) is 5.26 Å². The van der Waals surface area contributed by atoms with Gasteiger partial charge in [-0.1, -0.05) is 30.3 Å². The van der Waals surface area contributed by atoms with Crippen molar-refractivity contribution in [2.24, 2.45) is 0 Å². The normalized spacial score (nSPS) is 17.8. The highest BCUT2D eigenvalue weighted by Gasteiger charge is 2.30. The van der Waals surface area contributed by atoms with Crippen LogP contribution in [0.3, 0.4) is 0 Å². The van der Waals surface area contributed by atoms with Crippen molar-refractivity contribution in [2.75, 3.05) is 30.4 Å². The number of rotatable bonds is 1. The van der Waals surface area contributed by atoms with Crippen LogP contribution >= 0.6 is 0 Å². The van der Waals surface area contributed by atoms with E-state index in [0.29, 0.717) is 23.9 Å². The number of anilines is 3. The summed E-state index contributed by atoms with van der Waals surface area (Å²) in [7, 11) is 2.11. The molecular weight excluding hydrogens is 386 g/mol. The maximum Gasteiger partial charge on any atom is 0.229 e. The van der Waals surface area contributed by atoms with Crippen molar-refractivity contribution in [3.05, 3.63) is 70.9 Å². The molecule has 0 saturated carbocycles. The van der Waals surface area contributed by atoms with Crippen molar-refractivity contribution < 1.29 is 4.74 Å². The second-order valence-corrected chi connectivity index (χ2v) is 8.16. The molecule has 1 N–H and O–H groups in total. The largest absolute Gasteiger partial charge is 0.492 e. The number of hydrogen-bond donors (Lipinski definition) is 1. The first kappa shape index (κ1) is 19.4. The molecule has 3 aromatic rings. The third kappa shape index (κ3) is 3.79. The summed E-state index contributed by atoms with van der Waals surface area (Å²) in [4.78, 5) is 12.1. The van der Waals surface area contributed by atoms with Crippen LogP contribution in [-0.2, 0) is 6.42 Å². The molecule has 0 amide bonds. The minimum absolute atomic E-state index is 0.280. The molecule has 6 nitrogen and oxygen atoms in total. The van der Waals surface area contributed by atoms with Gasteiger partial charge in [-0.15, -0.1) is 0 Å². The van der Waals surface area contributed by atoms with Gasteiger partial charge in [0.15, 0.2) is 0 Å². The van der Waals surface area contributed by atoms with Gasteiger partial charge in [-0.05, 0) is 43.4 Å². The summed E-state index contributed by atoms with van der Waals surface area (Å²) in [6, 6.07) is 18.3. The Balaban J connectivity index is 1.60. The molecule has 1 unspecified atom stereocenters. The highest BCUT2D eigenvalue weighted by molar-refractivity contribution is 5.63. The molecule has 5 rings (SSSR count). The predicted octanol–water partition coefficient (Wildman–Crippen LogP) is 4.78. The lowest BCUT2D eigenvalue weighted by atomic mass is 9.97. The summed E-state index contributed by atoms with van der Waals surface area (Å²) >= 11 is 0. The van der Waals surface area contributed by atoms with Crippen LogP contribution in [0.4, 0.5) is 17.5 Å². The Labute approximate surface area is 182 Å². The van der Waals surface area contributed by atoms with Crippen LogP contribution in [-0.4, -0.2) is 30.2 Å². The van der Waals surface area contributed by atoms with Gasteiger partial charge in [0, 0.05) is 36.8 Å². The molecule has 0 radical (unpaired) electrons. The molecule has 1 aromatic heterocycles. The van der Waals surface area contributed by atoms with Crippen LogP contribution in [0, 0.1) is 11.3 Å². The zero-order valence-electron chi connectivity index (χ0n) is 17.6. The van der Waals surface area contributed by atoms with E-state index in [4.69, 9.17) is 14.7 Å². The van der Waals surface area contributed by atoms with Crippen LogP contribution in [0.5, 0.6) is 5.75 Å². The predicted molar refractivity (Wildman–Crippen MR) is 121 cm³/mol.